The molecule has 0 aliphatic carbocycles. The molecule has 2 aromatic rings. The lowest BCUT2D eigenvalue weighted by Crippen LogP contribution is -2.27. The van der Waals surface area contributed by atoms with Crippen molar-refractivity contribution in [1.82, 2.24) is 14.9 Å². The zero-order chi connectivity index (χ0) is 21.8. The highest BCUT2D eigenvalue weighted by atomic mass is 19.1. The van der Waals surface area contributed by atoms with E-state index in [4.69, 9.17) is 0 Å². The molecule has 0 N–H and O–H groups in total. The predicted molar refractivity (Wildman–Crippen MR) is 114 cm³/mol. The molecule has 1 atom stereocenters. The maximum atomic E-state index is 13.2. The third-order valence-corrected chi connectivity index (χ3v) is 5.19. The molecule has 1 fully saturated rings. The Kier molecular flexibility index (Phi) is 6.64. The van der Waals surface area contributed by atoms with E-state index in [0.717, 1.165) is 17.9 Å². The molecule has 160 valence electrons. The summed E-state index contributed by atoms with van der Waals surface area (Å²) in [5, 5.41) is 0. The van der Waals surface area contributed by atoms with Gasteiger partial charge in [-0.05, 0) is 30.7 Å². The van der Waals surface area contributed by atoms with Crippen molar-refractivity contribution in [1.29, 1.82) is 0 Å². The van der Waals surface area contributed by atoms with Crippen LogP contribution in [0.2, 0.25) is 0 Å². The van der Waals surface area contributed by atoms with E-state index < -0.39 is 0 Å². The van der Waals surface area contributed by atoms with Crippen LogP contribution < -0.4 is 9.80 Å². The number of hydrogen-bond acceptors (Lipinski definition) is 5. The maximum Gasteiger partial charge on any atom is 0.227 e. The van der Waals surface area contributed by atoms with Gasteiger partial charge in [0.15, 0.2) is 0 Å². The van der Waals surface area contributed by atoms with E-state index in [1.807, 2.05) is 32.0 Å². The van der Waals surface area contributed by atoms with Crippen LogP contribution in [0.15, 0.2) is 30.3 Å². The summed E-state index contributed by atoms with van der Waals surface area (Å²) in [6.45, 7) is 2.76. The predicted octanol–water partition coefficient (Wildman–Crippen LogP) is 2.96. The van der Waals surface area contributed by atoms with E-state index in [1.54, 1.807) is 29.0 Å². The third kappa shape index (κ3) is 4.93. The van der Waals surface area contributed by atoms with Crippen molar-refractivity contribution in [3.63, 3.8) is 0 Å². The zero-order valence-electron chi connectivity index (χ0n) is 17.9. The molecule has 1 saturated heterocycles. The molecule has 2 amide bonds. The van der Waals surface area contributed by atoms with Gasteiger partial charge < -0.3 is 14.7 Å². The molecule has 7 nitrogen and oxygen atoms in total. The summed E-state index contributed by atoms with van der Waals surface area (Å²) in [6.07, 6.45) is 1.60. The van der Waals surface area contributed by atoms with Crippen LogP contribution in [0.3, 0.4) is 0 Å². The molecular formula is C22H28FN5O2. The van der Waals surface area contributed by atoms with Gasteiger partial charge in [-0.1, -0.05) is 6.92 Å². The molecular weight excluding hydrogens is 385 g/mol. The summed E-state index contributed by atoms with van der Waals surface area (Å²) in [5.74, 6) is 0.888. The molecule has 8 heteroatoms. The number of halogens is 1. The minimum Gasteiger partial charge on any atom is -0.363 e. The highest BCUT2D eigenvalue weighted by molar-refractivity contribution is 5.96. The Morgan fingerprint density at radius 1 is 1.20 bits per heavy atom. The third-order valence-electron chi connectivity index (χ3n) is 5.19. The van der Waals surface area contributed by atoms with Gasteiger partial charge in [0.1, 0.15) is 17.5 Å². The van der Waals surface area contributed by atoms with Crippen LogP contribution in [-0.2, 0) is 16.1 Å². The minimum absolute atomic E-state index is 0.0200. The Hall–Kier alpha value is -3.03. The highest BCUT2D eigenvalue weighted by Gasteiger charge is 2.33. The van der Waals surface area contributed by atoms with Crippen molar-refractivity contribution in [2.24, 2.45) is 0 Å². The number of anilines is 2. The fourth-order valence-corrected chi connectivity index (χ4v) is 3.49. The van der Waals surface area contributed by atoms with Gasteiger partial charge in [-0.15, -0.1) is 0 Å². The molecule has 1 aromatic carbocycles. The molecule has 1 aliphatic heterocycles. The lowest BCUT2D eigenvalue weighted by Gasteiger charge is -2.20. The second kappa shape index (κ2) is 9.19. The number of amides is 2. The fraction of sp³-hybridized carbons (Fsp3) is 0.455. The van der Waals surface area contributed by atoms with E-state index in [-0.39, 0.29) is 23.5 Å². The van der Waals surface area contributed by atoms with Crippen LogP contribution in [0.5, 0.6) is 0 Å². The van der Waals surface area contributed by atoms with Crippen LogP contribution in [0.4, 0.5) is 15.9 Å². The van der Waals surface area contributed by atoms with Crippen molar-refractivity contribution in [2.45, 2.75) is 38.6 Å². The van der Waals surface area contributed by atoms with E-state index in [1.165, 1.54) is 12.1 Å². The van der Waals surface area contributed by atoms with Crippen LogP contribution in [0.25, 0.3) is 0 Å². The summed E-state index contributed by atoms with van der Waals surface area (Å²) in [6, 6.07) is 7.82. The van der Waals surface area contributed by atoms with Gasteiger partial charge in [0, 0.05) is 58.2 Å². The zero-order valence-corrected chi connectivity index (χ0v) is 17.9. The summed E-state index contributed by atoms with van der Waals surface area (Å²) in [5.41, 5.74) is 1.45. The van der Waals surface area contributed by atoms with Crippen molar-refractivity contribution < 1.29 is 14.0 Å². The summed E-state index contributed by atoms with van der Waals surface area (Å²) in [7, 11) is 5.54. The normalized spacial score (nSPS) is 16.1. The first-order valence-corrected chi connectivity index (χ1v) is 10.1. The topological polar surface area (TPSA) is 69.6 Å². The van der Waals surface area contributed by atoms with Gasteiger partial charge in [0.05, 0.1) is 12.2 Å². The number of nitrogens with zero attached hydrogens (tertiary/aromatic N) is 5. The molecule has 1 aliphatic rings. The van der Waals surface area contributed by atoms with Gasteiger partial charge in [0.2, 0.25) is 11.8 Å². The Bertz CT molecular complexity index is 916. The maximum absolute atomic E-state index is 13.2. The van der Waals surface area contributed by atoms with Crippen molar-refractivity contribution in [3.05, 3.63) is 47.7 Å². The van der Waals surface area contributed by atoms with Crippen molar-refractivity contribution in [3.8, 4) is 0 Å². The van der Waals surface area contributed by atoms with E-state index in [0.29, 0.717) is 37.4 Å². The first-order chi connectivity index (χ1) is 14.3. The standard InChI is InChI=1S/C22H28FN5O2/c1-5-6-21(29)27(4)14-19-24-18(12-20(25-19)26(2)3)15-11-22(30)28(13-15)17-9-7-16(23)8-10-17/h7-10,12,15H,5-6,11,13-14H2,1-4H3/t15-/m0/s1. The van der Waals surface area contributed by atoms with Crippen LogP contribution in [-0.4, -0.2) is 54.4 Å². The van der Waals surface area contributed by atoms with Gasteiger partial charge in [0.25, 0.3) is 0 Å². The second-order valence-corrected chi connectivity index (χ2v) is 7.84. The summed E-state index contributed by atoms with van der Waals surface area (Å²) < 4.78 is 13.2. The SMILES string of the molecule is CCCC(=O)N(C)Cc1nc([C@H]2CC(=O)N(c3ccc(F)cc3)C2)cc(N(C)C)n1. The largest absolute Gasteiger partial charge is 0.363 e. The Morgan fingerprint density at radius 2 is 1.90 bits per heavy atom. The number of aromatic nitrogens is 2. The highest BCUT2D eigenvalue weighted by Crippen LogP contribution is 2.32. The number of benzene rings is 1. The smallest absolute Gasteiger partial charge is 0.227 e. The monoisotopic (exact) mass is 413 g/mol. The quantitative estimate of drug-likeness (QED) is 0.698. The number of hydrogen-bond donors (Lipinski definition) is 0. The second-order valence-electron chi connectivity index (χ2n) is 7.84. The first kappa shape index (κ1) is 21.7. The first-order valence-electron chi connectivity index (χ1n) is 10.1. The average molecular weight is 413 g/mol. The summed E-state index contributed by atoms with van der Waals surface area (Å²) >= 11 is 0. The van der Waals surface area contributed by atoms with Gasteiger partial charge >= 0.3 is 0 Å². The lowest BCUT2D eigenvalue weighted by molar-refractivity contribution is -0.130. The van der Waals surface area contributed by atoms with E-state index >= 15 is 0 Å². The van der Waals surface area contributed by atoms with Gasteiger partial charge in [-0.25, -0.2) is 14.4 Å². The number of carbonyl (C=O) groups is 2. The Labute approximate surface area is 176 Å². The van der Waals surface area contributed by atoms with Crippen LogP contribution >= 0.6 is 0 Å². The molecule has 0 unspecified atom stereocenters. The van der Waals surface area contributed by atoms with E-state index in [9.17, 15) is 14.0 Å². The molecule has 0 radical (unpaired) electrons. The number of carbonyl (C=O) groups excluding carboxylic acids is 2. The van der Waals surface area contributed by atoms with E-state index in [2.05, 4.69) is 9.97 Å². The molecule has 30 heavy (non-hydrogen) atoms. The average Bonchev–Trinajstić information content (AvgIpc) is 3.10. The van der Waals surface area contributed by atoms with Crippen molar-refractivity contribution >= 4 is 23.3 Å². The molecule has 0 spiro atoms. The molecule has 3 rings (SSSR count). The molecule has 2 heterocycles. The molecule has 0 saturated carbocycles. The number of rotatable bonds is 7. The van der Waals surface area contributed by atoms with Crippen molar-refractivity contribution in [2.75, 3.05) is 37.5 Å². The molecule has 0 bridgehead atoms. The Morgan fingerprint density at radius 3 is 2.53 bits per heavy atom. The fourth-order valence-electron chi connectivity index (χ4n) is 3.49. The summed E-state index contributed by atoms with van der Waals surface area (Å²) in [4.78, 5) is 39.2. The lowest BCUT2D eigenvalue weighted by atomic mass is 10.0. The Balaban J connectivity index is 1.84. The van der Waals surface area contributed by atoms with Crippen LogP contribution in [0, 0.1) is 5.82 Å². The minimum atomic E-state index is -0.334. The van der Waals surface area contributed by atoms with Gasteiger partial charge in [-0.2, -0.15) is 0 Å². The van der Waals surface area contributed by atoms with Crippen LogP contribution in [0.1, 0.15) is 43.6 Å². The molecule has 1 aromatic heterocycles. The van der Waals surface area contributed by atoms with Gasteiger partial charge in [-0.3, -0.25) is 9.59 Å².